The Morgan fingerprint density at radius 2 is 2.27 bits per heavy atom. The minimum Gasteiger partial charge on any atom is -1.00 e. The molecule has 0 atom stereocenters. The Labute approximate surface area is 82.2 Å². The predicted octanol–water partition coefficient (Wildman–Crippen LogP) is -3.39. The van der Waals surface area contributed by atoms with Gasteiger partial charge in [-0.25, -0.2) is 4.57 Å². The van der Waals surface area contributed by atoms with Crippen molar-refractivity contribution in [2.75, 3.05) is 0 Å². The zero-order valence-corrected chi connectivity index (χ0v) is 8.28. The molecule has 60 valence electrons. The lowest BCUT2D eigenvalue weighted by Gasteiger charge is -1.89. The molecule has 0 aliphatic carbocycles. The van der Waals surface area contributed by atoms with Gasteiger partial charge in [0.05, 0.1) is 0 Å². The van der Waals surface area contributed by atoms with Gasteiger partial charge in [-0.1, -0.05) is 0 Å². The number of nitrogens with two attached hydrogens (primary N) is 1. The zero-order chi connectivity index (χ0) is 7.56. The van der Waals surface area contributed by atoms with E-state index in [4.69, 9.17) is 5.73 Å². The van der Waals surface area contributed by atoms with E-state index in [1.807, 2.05) is 13.2 Å². The minimum atomic E-state index is -0.392. The Morgan fingerprint density at radius 1 is 1.64 bits per heavy atom. The van der Waals surface area contributed by atoms with Gasteiger partial charge in [0.1, 0.15) is 12.6 Å². The third-order valence-corrected chi connectivity index (χ3v) is 1.22. The van der Waals surface area contributed by atoms with Crippen LogP contribution in [0.3, 0.4) is 0 Å². The summed E-state index contributed by atoms with van der Waals surface area (Å²) in [5, 5.41) is 0. The first kappa shape index (κ1) is 10.3. The molecule has 0 unspecified atom stereocenters. The topological polar surface area (TPSA) is 47.0 Å². The fourth-order valence-corrected chi connectivity index (χ4v) is 0.734. The Balaban J connectivity index is 0.000001000. The molecule has 0 aromatic carbocycles. The van der Waals surface area contributed by atoms with Crippen LogP contribution in [0.2, 0.25) is 0 Å². The van der Waals surface area contributed by atoms with Crippen molar-refractivity contribution in [3.63, 3.8) is 0 Å². The van der Waals surface area contributed by atoms with Crippen LogP contribution in [0.4, 0.5) is 0 Å². The van der Waals surface area contributed by atoms with Gasteiger partial charge >= 0.3 is 0 Å². The van der Waals surface area contributed by atoms with E-state index >= 15 is 0 Å². The molecule has 0 saturated heterocycles. The van der Waals surface area contributed by atoms with Crippen molar-refractivity contribution in [2.24, 2.45) is 12.8 Å². The second-order valence-electron chi connectivity index (χ2n) is 2.12. The maximum Gasteiger partial charge on any atom is 0.254 e. The van der Waals surface area contributed by atoms with E-state index in [1.165, 1.54) is 0 Å². The van der Waals surface area contributed by atoms with Crippen LogP contribution < -0.4 is 34.3 Å². The molecule has 4 heteroatoms. The summed E-state index contributed by atoms with van der Waals surface area (Å²) >= 11 is 0. The van der Waals surface area contributed by atoms with Crippen molar-refractivity contribution < 1.29 is 33.3 Å². The molecular formula is C7H9IN2O. The van der Waals surface area contributed by atoms with E-state index in [9.17, 15) is 4.79 Å². The number of pyridine rings is 1. The van der Waals surface area contributed by atoms with Crippen LogP contribution in [0.25, 0.3) is 0 Å². The van der Waals surface area contributed by atoms with Crippen molar-refractivity contribution in [3.8, 4) is 0 Å². The molecule has 1 heterocycles. The lowest BCUT2D eigenvalue weighted by Crippen LogP contribution is -3.00. The number of carbonyl (C=O) groups excluding carboxylic acids is 1. The molecule has 0 fully saturated rings. The molecular weight excluding hydrogens is 255 g/mol. The van der Waals surface area contributed by atoms with Crippen molar-refractivity contribution in [1.82, 2.24) is 0 Å². The van der Waals surface area contributed by atoms with Crippen molar-refractivity contribution >= 4 is 5.91 Å². The lowest BCUT2D eigenvalue weighted by molar-refractivity contribution is -0.671. The lowest BCUT2D eigenvalue weighted by atomic mass is 10.3. The average molecular weight is 264 g/mol. The molecule has 0 aliphatic rings. The van der Waals surface area contributed by atoms with Gasteiger partial charge in [-0.3, -0.25) is 4.79 Å². The summed E-state index contributed by atoms with van der Waals surface area (Å²) in [4.78, 5) is 10.6. The van der Waals surface area contributed by atoms with Crippen molar-refractivity contribution in [2.45, 2.75) is 0 Å². The molecule has 1 aromatic heterocycles. The van der Waals surface area contributed by atoms with E-state index in [0.717, 1.165) is 0 Å². The van der Waals surface area contributed by atoms with Crippen LogP contribution >= 0.6 is 0 Å². The molecule has 1 amide bonds. The molecule has 2 N–H and O–H groups in total. The van der Waals surface area contributed by atoms with Crippen LogP contribution in [0.1, 0.15) is 10.4 Å². The third kappa shape index (κ3) is 2.83. The van der Waals surface area contributed by atoms with Crippen molar-refractivity contribution in [1.29, 1.82) is 0 Å². The maximum atomic E-state index is 10.6. The number of nitrogens with zero attached hydrogens (tertiary/aromatic N) is 1. The molecule has 0 bridgehead atoms. The first-order chi connectivity index (χ1) is 4.70. The number of aromatic nitrogens is 1. The van der Waals surface area contributed by atoms with E-state index in [1.54, 1.807) is 22.9 Å². The smallest absolute Gasteiger partial charge is 0.254 e. The number of primary amides is 1. The Morgan fingerprint density at radius 3 is 2.64 bits per heavy atom. The molecule has 0 spiro atoms. The van der Waals surface area contributed by atoms with Gasteiger partial charge in [-0.2, -0.15) is 0 Å². The first-order valence-corrected chi connectivity index (χ1v) is 2.95. The number of aryl methyl sites for hydroxylation is 1. The molecule has 0 radical (unpaired) electrons. The van der Waals surface area contributed by atoms with Crippen LogP contribution in [0, 0.1) is 0 Å². The fourth-order valence-electron chi connectivity index (χ4n) is 0.734. The SMILES string of the molecule is C[n+]1cccc(C(N)=O)c1.[I-]. The van der Waals surface area contributed by atoms with Gasteiger partial charge in [0.25, 0.3) is 5.91 Å². The van der Waals surface area contributed by atoms with Crippen LogP contribution in [-0.4, -0.2) is 5.91 Å². The summed E-state index contributed by atoms with van der Waals surface area (Å²) in [5.74, 6) is -0.392. The summed E-state index contributed by atoms with van der Waals surface area (Å²) in [6.45, 7) is 0. The Hall–Kier alpha value is -0.650. The summed E-state index contributed by atoms with van der Waals surface area (Å²) in [6, 6.07) is 3.46. The summed E-state index contributed by atoms with van der Waals surface area (Å²) < 4.78 is 1.78. The quantitative estimate of drug-likeness (QED) is 0.417. The van der Waals surface area contributed by atoms with Crippen LogP contribution in [0.5, 0.6) is 0 Å². The van der Waals surface area contributed by atoms with E-state index in [-0.39, 0.29) is 24.0 Å². The van der Waals surface area contributed by atoms with Gasteiger partial charge in [-0.05, 0) is 6.07 Å². The third-order valence-electron chi connectivity index (χ3n) is 1.22. The fraction of sp³-hybridized carbons (Fsp3) is 0.143. The second kappa shape index (κ2) is 4.27. The van der Waals surface area contributed by atoms with E-state index in [0.29, 0.717) is 5.56 Å². The number of halogens is 1. The first-order valence-electron chi connectivity index (χ1n) is 2.95. The minimum absolute atomic E-state index is 0. The molecule has 1 rings (SSSR count). The monoisotopic (exact) mass is 264 g/mol. The van der Waals surface area contributed by atoms with Crippen LogP contribution in [0.15, 0.2) is 24.5 Å². The average Bonchev–Trinajstić information content (AvgIpc) is 1.88. The molecule has 0 aliphatic heterocycles. The highest BCUT2D eigenvalue weighted by atomic mass is 127. The standard InChI is InChI=1S/C7H8N2O.HI/c1-9-4-2-3-6(5-9)7(8)10;/h2-5H,1H3,(H-,8,10);1H. The second-order valence-corrected chi connectivity index (χ2v) is 2.12. The van der Waals surface area contributed by atoms with Gasteiger partial charge in [-0.15, -0.1) is 0 Å². The molecule has 3 nitrogen and oxygen atoms in total. The maximum absolute atomic E-state index is 10.6. The van der Waals surface area contributed by atoms with Gasteiger partial charge < -0.3 is 29.7 Å². The van der Waals surface area contributed by atoms with Crippen LogP contribution in [-0.2, 0) is 7.05 Å². The normalized spacial score (nSPS) is 8.45. The van der Waals surface area contributed by atoms with Crippen molar-refractivity contribution in [3.05, 3.63) is 30.1 Å². The molecule has 0 saturated carbocycles. The highest BCUT2D eigenvalue weighted by Gasteiger charge is 2.02. The number of hydrogen-bond acceptors (Lipinski definition) is 1. The Kier molecular flexibility index (Phi) is 4.02. The van der Waals surface area contributed by atoms with Gasteiger partial charge in [0.15, 0.2) is 12.4 Å². The largest absolute Gasteiger partial charge is 1.00 e. The highest BCUT2D eigenvalue weighted by molar-refractivity contribution is 5.92. The molecule has 11 heavy (non-hydrogen) atoms. The summed E-state index contributed by atoms with van der Waals surface area (Å²) in [7, 11) is 1.84. The summed E-state index contributed by atoms with van der Waals surface area (Å²) in [5.41, 5.74) is 5.56. The number of rotatable bonds is 1. The van der Waals surface area contributed by atoms with E-state index in [2.05, 4.69) is 0 Å². The predicted molar refractivity (Wildman–Crippen MR) is 36.1 cm³/mol. The molecule has 1 aromatic rings. The number of carbonyl (C=O) groups is 1. The van der Waals surface area contributed by atoms with Gasteiger partial charge in [0, 0.05) is 6.07 Å². The van der Waals surface area contributed by atoms with Gasteiger partial charge in [0.2, 0.25) is 0 Å². The zero-order valence-electron chi connectivity index (χ0n) is 6.12. The summed E-state index contributed by atoms with van der Waals surface area (Å²) in [6.07, 6.45) is 3.52. The van der Waals surface area contributed by atoms with E-state index < -0.39 is 5.91 Å². The highest BCUT2D eigenvalue weighted by Crippen LogP contribution is 1.89. The number of hydrogen-bond donors (Lipinski definition) is 1. The number of amides is 1. The Bertz CT molecular complexity index is 262.